The van der Waals surface area contributed by atoms with Gasteiger partial charge >= 0.3 is 0 Å². The maximum absolute atomic E-state index is 7.00. The first-order chi connectivity index (χ1) is 3.89. The molecule has 0 atom stereocenters. The van der Waals surface area contributed by atoms with E-state index < -0.39 is 0 Å². The minimum Gasteiger partial charge on any atom is -0.400 e. The number of aliphatic hydroxyl groups is 1. The van der Waals surface area contributed by atoms with E-state index in [0.717, 1.165) is 7.11 Å². The van der Waals surface area contributed by atoms with E-state index in [2.05, 4.69) is 24.4 Å². The molecule has 2 heteroatoms. The van der Waals surface area contributed by atoms with Gasteiger partial charge in [-0.3, -0.25) is 0 Å². The lowest BCUT2D eigenvalue weighted by Gasteiger charge is -1.65. The van der Waals surface area contributed by atoms with E-state index in [9.17, 15) is 0 Å². The van der Waals surface area contributed by atoms with Gasteiger partial charge in [0.25, 0.3) is 0 Å². The smallest absolute Gasteiger partial charge is 0.0319 e. The molecule has 0 fully saturated rings. The van der Waals surface area contributed by atoms with Gasteiger partial charge in [-0.05, 0) is 18.4 Å². The van der Waals surface area contributed by atoms with Crippen molar-refractivity contribution in [2.24, 2.45) is 0 Å². The summed E-state index contributed by atoms with van der Waals surface area (Å²) in [7, 11) is 1.00. The Hall–Kier alpha value is -0.340. The fraction of sp³-hybridized carbons (Fsp3) is 0.333. The molecule has 8 heavy (non-hydrogen) atoms. The molecule has 0 aliphatic carbocycles. The van der Waals surface area contributed by atoms with E-state index in [1.807, 2.05) is 0 Å². The van der Waals surface area contributed by atoms with Crippen molar-refractivity contribution in [3.05, 3.63) is 22.4 Å². The van der Waals surface area contributed by atoms with Crippen LogP contribution in [0.1, 0.15) is 4.88 Å². The second kappa shape index (κ2) is 4.81. The maximum Gasteiger partial charge on any atom is 0.0319 e. The van der Waals surface area contributed by atoms with E-state index in [1.165, 1.54) is 4.88 Å². The molecule has 1 nitrogen and oxygen atoms in total. The average molecular weight is 130 g/mol. The summed E-state index contributed by atoms with van der Waals surface area (Å²) in [6, 6.07) is 4.16. The molecule has 1 aromatic rings. The van der Waals surface area contributed by atoms with E-state index in [4.69, 9.17) is 5.11 Å². The third-order valence-electron chi connectivity index (χ3n) is 0.663. The summed E-state index contributed by atoms with van der Waals surface area (Å²) in [6.07, 6.45) is 0. The van der Waals surface area contributed by atoms with E-state index >= 15 is 0 Å². The summed E-state index contributed by atoms with van der Waals surface area (Å²) in [5.41, 5.74) is 0. The summed E-state index contributed by atoms with van der Waals surface area (Å²) < 4.78 is 0. The largest absolute Gasteiger partial charge is 0.400 e. The molecule has 46 valence electrons. The van der Waals surface area contributed by atoms with E-state index in [0.29, 0.717) is 0 Å². The molecule has 0 saturated carbocycles. The zero-order valence-corrected chi connectivity index (χ0v) is 5.90. The number of aryl methyl sites for hydroxylation is 1. The molecule has 0 saturated heterocycles. The number of thiophene rings is 1. The third-order valence-corrected chi connectivity index (χ3v) is 1.46. The molecular weight excluding hydrogens is 120 g/mol. The number of rotatable bonds is 0. The van der Waals surface area contributed by atoms with Crippen LogP contribution in [-0.2, 0) is 0 Å². The van der Waals surface area contributed by atoms with Gasteiger partial charge in [0.05, 0.1) is 0 Å². The summed E-state index contributed by atoms with van der Waals surface area (Å²) in [5, 5.41) is 9.08. The molecule has 0 spiro atoms. The van der Waals surface area contributed by atoms with Gasteiger partial charge in [0.2, 0.25) is 0 Å². The monoisotopic (exact) mass is 130 g/mol. The van der Waals surface area contributed by atoms with Crippen LogP contribution in [0.3, 0.4) is 0 Å². The van der Waals surface area contributed by atoms with Crippen molar-refractivity contribution < 1.29 is 5.11 Å². The topological polar surface area (TPSA) is 20.2 Å². The summed E-state index contributed by atoms with van der Waals surface area (Å²) in [5.74, 6) is 0. The van der Waals surface area contributed by atoms with Gasteiger partial charge in [-0.25, -0.2) is 0 Å². The molecule has 1 rings (SSSR count). The van der Waals surface area contributed by atoms with Gasteiger partial charge < -0.3 is 5.11 Å². The average Bonchev–Trinajstić information content (AvgIpc) is 2.24. The lowest BCUT2D eigenvalue weighted by Crippen LogP contribution is -1.42. The van der Waals surface area contributed by atoms with Crippen LogP contribution < -0.4 is 0 Å². The molecular formula is C6H10OS. The van der Waals surface area contributed by atoms with Crippen molar-refractivity contribution in [3.63, 3.8) is 0 Å². The first-order valence-electron chi connectivity index (χ1n) is 2.34. The van der Waals surface area contributed by atoms with Crippen molar-refractivity contribution >= 4 is 11.3 Å². The highest BCUT2D eigenvalue weighted by Gasteiger charge is 1.74. The molecule has 0 aliphatic heterocycles. The van der Waals surface area contributed by atoms with Crippen LogP contribution in [0.15, 0.2) is 17.5 Å². The summed E-state index contributed by atoms with van der Waals surface area (Å²) in [4.78, 5) is 1.38. The first kappa shape index (κ1) is 7.66. The van der Waals surface area contributed by atoms with Crippen LogP contribution in [0.5, 0.6) is 0 Å². The SMILES string of the molecule is CO.Cc1cccs1. The maximum atomic E-state index is 7.00. The van der Waals surface area contributed by atoms with Crippen molar-refractivity contribution in [1.29, 1.82) is 0 Å². The highest BCUT2D eigenvalue weighted by molar-refractivity contribution is 7.09. The molecule has 1 aromatic heterocycles. The van der Waals surface area contributed by atoms with Crippen LogP contribution in [-0.4, -0.2) is 12.2 Å². The van der Waals surface area contributed by atoms with E-state index in [1.54, 1.807) is 11.3 Å². The fourth-order valence-corrected chi connectivity index (χ4v) is 0.890. The first-order valence-corrected chi connectivity index (χ1v) is 3.22. The molecule has 0 radical (unpaired) electrons. The predicted octanol–water partition coefficient (Wildman–Crippen LogP) is 1.67. The third kappa shape index (κ3) is 2.77. The van der Waals surface area contributed by atoms with Crippen LogP contribution in [0, 0.1) is 6.92 Å². The van der Waals surface area contributed by atoms with E-state index in [-0.39, 0.29) is 0 Å². The Morgan fingerprint density at radius 2 is 2.12 bits per heavy atom. The Balaban J connectivity index is 0.000000222. The van der Waals surface area contributed by atoms with Gasteiger partial charge in [-0.1, -0.05) is 6.07 Å². The molecule has 0 amide bonds. The molecule has 0 unspecified atom stereocenters. The molecule has 1 N–H and O–H groups in total. The highest BCUT2D eigenvalue weighted by Crippen LogP contribution is 2.03. The van der Waals surface area contributed by atoms with Crippen molar-refractivity contribution in [1.82, 2.24) is 0 Å². The van der Waals surface area contributed by atoms with Crippen LogP contribution >= 0.6 is 11.3 Å². The standard InChI is InChI=1S/C5H6S.CH4O/c1-5-3-2-4-6-5;1-2/h2-4H,1H3;2H,1H3. The Bertz CT molecular complexity index is 112. The zero-order chi connectivity index (χ0) is 6.41. The Kier molecular flexibility index (Phi) is 4.61. The normalized spacial score (nSPS) is 7.38. The minimum absolute atomic E-state index is 1.00. The van der Waals surface area contributed by atoms with Crippen LogP contribution in [0.4, 0.5) is 0 Å². The molecule has 0 bridgehead atoms. The lowest BCUT2D eigenvalue weighted by molar-refractivity contribution is 0.399. The van der Waals surface area contributed by atoms with Gasteiger partial charge in [-0.2, -0.15) is 0 Å². The van der Waals surface area contributed by atoms with Gasteiger partial charge in [0, 0.05) is 12.0 Å². The van der Waals surface area contributed by atoms with Gasteiger partial charge in [-0.15, -0.1) is 11.3 Å². The summed E-state index contributed by atoms with van der Waals surface area (Å²) in [6.45, 7) is 2.10. The number of aliphatic hydroxyl groups excluding tert-OH is 1. The Morgan fingerprint density at radius 1 is 1.50 bits per heavy atom. The predicted molar refractivity (Wildman–Crippen MR) is 37.2 cm³/mol. The molecule has 1 heterocycles. The quantitative estimate of drug-likeness (QED) is 0.566. The Labute approximate surface area is 53.6 Å². The summed E-state index contributed by atoms with van der Waals surface area (Å²) >= 11 is 1.78. The second-order valence-electron chi connectivity index (χ2n) is 1.22. The Morgan fingerprint density at radius 3 is 2.25 bits per heavy atom. The van der Waals surface area contributed by atoms with Gasteiger partial charge in [0.1, 0.15) is 0 Å². The number of hydrogen-bond acceptors (Lipinski definition) is 2. The van der Waals surface area contributed by atoms with Crippen LogP contribution in [0.2, 0.25) is 0 Å². The second-order valence-corrected chi connectivity index (χ2v) is 2.38. The fourth-order valence-electron chi connectivity index (χ4n) is 0.361. The van der Waals surface area contributed by atoms with Crippen molar-refractivity contribution in [2.45, 2.75) is 6.92 Å². The minimum atomic E-state index is 1.00. The van der Waals surface area contributed by atoms with Crippen molar-refractivity contribution in [3.8, 4) is 0 Å². The lowest BCUT2D eigenvalue weighted by atomic mass is 10.5. The number of hydrogen-bond donors (Lipinski definition) is 1. The molecule has 0 aliphatic rings. The highest BCUT2D eigenvalue weighted by atomic mass is 32.1. The zero-order valence-electron chi connectivity index (χ0n) is 5.09. The van der Waals surface area contributed by atoms with Crippen LogP contribution in [0.25, 0.3) is 0 Å². The van der Waals surface area contributed by atoms with Gasteiger partial charge in [0.15, 0.2) is 0 Å². The van der Waals surface area contributed by atoms with Crippen molar-refractivity contribution in [2.75, 3.05) is 7.11 Å². The molecule has 0 aromatic carbocycles.